The van der Waals surface area contributed by atoms with Crippen LogP contribution >= 0.6 is 0 Å². The van der Waals surface area contributed by atoms with Gasteiger partial charge in [0.1, 0.15) is 0 Å². The summed E-state index contributed by atoms with van der Waals surface area (Å²) in [5.74, 6) is 3.53. The van der Waals surface area contributed by atoms with Gasteiger partial charge >= 0.3 is 0 Å². The molecule has 3 nitrogen and oxygen atoms in total. The van der Waals surface area contributed by atoms with Gasteiger partial charge in [-0.1, -0.05) is 6.42 Å². The van der Waals surface area contributed by atoms with E-state index < -0.39 is 6.10 Å². The molecule has 106 valence electrons. The number of carbonyl (C=O) groups excluding carboxylic acids is 1. The van der Waals surface area contributed by atoms with Gasteiger partial charge in [-0.15, -0.1) is 0 Å². The molecule has 0 aromatic heterocycles. The van der Waals surface area contributed by atoms with E-state index in [1.54, 1.807) is 0 Å². The van der Waals surface area contributed by atoms with E-state index >= 15 is 0 Å². The number of aliphatic hydroxyl groups is 1. The minimum absolute atomic E-state index is 0.126. The van der Waals surface area contributed by atoms with Crippen molar-refractivity contribution in [2.75, 3.05) is 0 Å². The predicted molar refractivity (Wildman–Crippen MR) is 72.3 cm³/mol. The van der Waals surface area contributed by atoms with Crippen molar-refractivity contribution in [1.29, 1.82) is 0 Å². The van der Waals surface area contributed by atoms with E-state index in [4.69, 9.17) is 0 Å². The van der Waals surface area contributed by atoms with Crippen LogP contribution in [0.25, 0.3) is 0 Å². The molecule has 4 fully saturated rings. The third kappa shape index (κ3) is 1.84. The predicted octanol–water partition coefficient (Wildman–Crippen LogP) is 2.09. The zero-order chi connectivity index (χ0) is 13.0. The number of hydrogen-bond acceptors (Lipinski definition) is 2. The molecule has 2 N–H and O–H groups in total. The van der Waals surface area contributed by atoms with Gasteiger partial charge in [0, 0.05) is 6.04 Å². The van der Waals surface area contributed by atoms with Crippen molar-refractivity contribution in [3.8, 4) is 0 Å². The molecule has 4 aliphatic rings. The average Bonchev–Trinajstić information content (AvgIpc) is 3.07. The zero-order valence-corrected chi connectivity index (χ0v) is 11.6. The third-order valence-electron chi connectivity index (χ3n) is 6.57. The number of aliphatic hydroxyl groups excluding tert-OH is 1. The van der Waals surface area contributed by atoms with Gasteiger partial charge in [-0.2, -0.15) is 0 Å². The van der Waals surface area contributed by atoms with Gasteiger partial charge in [0.05, 0.1) is 12.0 Å². The summed E-state index contributed by atoms with van der Waals surface area (Å²) in [6, 6.07) is 0.421. The molecule has 0 aromatic rings. The third-order valence-corrected chi connectivity index (χ3v) is 6.57. The van der Waals surface area contributed by atoms with Gasteiger partial charge in [-0.25, -0.2) is 0 Å². The van der Waals surface area contributed by atoms with Crippen molar-refractivity contribution in [2.45, 2.75) is 63.5 Å². The first-order valence-corrected chi connectivity index (χ1v) is 8.22. The van der Waals surface area contributed by atoms with Crippen molar-refractivity contribution in [1.82, 2.24) is 5.32 Å². The fourth-order valence-corrected chi connectivity index (χ4v) is 5.77. The lowest BCUT2D eigenvalue weighted by Gasteiger charge is -2.33. The summed E-state index contributed by atoms with van der Waals surface area (Å²) >= 11 is 0. The van der Waals surface area contributed by atoms with E-state index in [1.165, 1.54) is 32.1 Å². The fraction of sp³-hybridized carbons (Fsp3) is 0.938. The Kier molecular flexibility index (Phi) is 2.87. The van der Waals surface area contributed by atoms with Crippen molar-refractivity contribution < 1.29 is 9.90 Å². The van der Waals surface area contributed by atoms with E-state index in [0.29, 0.717) is 6.04 Å². The second kappa shape index (κ2) is 4.47. The zero-order valence-electron chi connectivity index (χ0n) is 11.6. The highest BCUT2D eigenvalue weighted by molar-refractivity contribution is 5.80. The molecule has 4 aliphatic carbocycles. The molecule has 0 saturated heterocycles. The van der Waals surface area contributed by atoms with E-state index in [2.05, 4.69) is 5.32 Å². The molecule has 7 unspecified atom stereocenters. The van der Waals surface area contributed by atoms with Crippen LogP contribution in [0.2, 0.25) is 0 Å². The molecular weight excluding hydrogens is 238 g/mol. The summed E-state index contributed by atoms with van der Waals surface area (Å²) in [6.45, 7) is 0. The first-order chi connectivity index (χ1) is 9.24. The lowest BCUT2D eigenvalue weighted by atomic mass is 9.79. The van der Waals surface area contributed by atoms with Crippen molar-refractivity contribution in [2.24, 2.45) is 29.6 Å². The van der Waals surface area contributed by atoms with Gasteiger partial charge < -0.3 is 10.4 Å². The maximum atomic E-state index is 12.3. The summed E-state index contributed by atoms with van der Waals surface area (Å²) in [4.78, 5) is 12.3. The van der Waals surface area contributed by atoms with Crippen LogP contribution in [0.4, 0.5) is 0 Å². The van der Waals surface area contributed by atoms with Crippen LogP contribution in [-0.4, -0.2) is 23.2 Å². The number of hydrogen-bond donors (Lipinski definition) is 2. The molecule has 4 rings (SSSR count). The molecule has 3 heteroatoms. The Morgan fingerprint density at radius 3 is 2.53 bits per heavy atom. The first kappa shape index (κ1) is 12.2. The second-order valence-corrected chi connectivity index (χ2v) is 7.37. The smallest absolute Gasteiger partial charge is 0.225 e. The Morgan fingerprint density at radius 1 is 0.947 bits per heavy atom. The maximum Gasteiger partial charge on any atom is 0.225 e. The summed E-state index contributed by atoms with van der Waals surface area (Å²) in [5.41, 5.74) is 0. The largest absolute Gasteiger partial charge is 0.392 e. The van der Waals surface area contributed by atoms with E-state index in [-0.39, 0.29) is 11.8 Å². The molecule has 0 radical (unpaired) electrons. The summed E-state index contributed by atoms with van der Waals surface area (Å²) in [5, 5.41) is 13.2. The second-order valence-electron chi connectivity index (χ2n) is 7.37. The number of fused-ring (bicyclic) bond motifs is 5. The average molecular weight is 263 g/mol. The SMILES string of the molecule is O=C(NC1CC2CC1C1CCCC21)C1CCCC1O. The fourth-order valence-electron chi connectivity index (χ4n) is 5.77. The Balaban J connectivity index is 1.40. The topological polar surface area (TPSA) is 49.3 Å². The van der Waals surface area contributed by atoms with Crippen LogP contribution in [0.3, 0.4) is 0 Å². The Morgan fingerprint density at radius 2 is 1.74 bits per heavy atom. The van der Waals surface area contributed by atoms with Crippen molar-refractivity contribution >= 4 is 5.91 Å². The Labute approximate surface area is 115 Å². The van der Waals surface area contributed by atoms with Crippen LogP contribution in [0.5, 0.6) is 0 Å². The van der Waals surface area contributed by atoms with Crippen molar-refractivity contribution in [3.05, 3.63) is 0 Å². The standard InChI is InChI=1S/C16H25NO2/c18-15-6-2-5-12(15)16(19)17-14-8-9-7-13(14)11-4-1-3-10(9)11/h9-15,18H,1-8H2,(H,17,19). The monoisotopic (exact) mass is 263 g/mol. The quantitative estimate of drug-likeness (QED) is 0.801. The molecule has 4 saturated carbocycles. The first-order valence-electron chi connectivity index (χ1n) is 8.22. The summed E-state index contributed by atoms with van der Waals surface area (Å²) < 4.78 is 0. The van der Waals surface area contributed by atoms with Crippen molar-refractivity contribution in [3.63, 3.8) is 0 Å². The van der Waals surface area contributed by atoms with Gasteiger partial charge in [0.25, 0.3) is 0 Å². The number of amides is 1. The molecule has 0 aliphatic heterocycles. The number of nitrogens with one attached hydrogen (secondary N) is 1. The molecule has 0 aromatic carbocycles. The van der Waals surface area contributed by atoms with Crippen LogP contribution in [0, 0.1) is 29.6 Å². The van der Waals surface area contributed by atoms with Gasteiger partial charge in [0.2, 0.25) is 5.91 Å². The minimum Gasteiger partial charge on any atom is -0.392 e. The van der Waals surface area contributed by atoms with Crippen LogP contribution in [0.1, 0.15) is 51.4 Å². The summed E-state index contributed by atoms with van der Waals surface area (Å²) in [6.07, 6.45) is 9.09. The van der Waals surface area contributed by atoms with Gasteiger partial charge in [-0.05, 0) is 68.6 Å². The summed E-state index contributed by atoms with van der Waals surface area (Å²) in [7, 11) is 0. The maximum absolute atomic E-state index is 12.3. The molecular formula is C16H25NO2. The molecule has 0 heterocycles. The molecule has 1 amide bonds. The highest BCUT2D eigenvalue weighted by Crippen LogP contribution is 2.58. The van der Waals surface area contributed by atoms with Crippen LogP contribution < -0.4 is 5.32 Å². The Hall–Kier alpha value is -0.570. The molecule has 7 atom stereocenters. The lowest BCUT2D eigenvalue weighted by Crippen LogP contribution is -2.46. The van der Waals surface area contributed by atoms with E-state index in [9.17, 15) is 9.90 Å². The highest BCUT2D eigenvalue weighted by Gasteiger charge is 2.54. The molecule has 19 heavy (non-hydrogen) atoms. The van der Waals surface area contributed by atoms with E-state index in [0.717, 1.165) is 42.9 Å². The number of rotatable bonds is 2. The highest BCUT2D eigenvalue weighted by atomic mass is 16.3. The molecule has 2 bridgehead atoms. The van der Waals surface area contributed by atoms with E-state index in [1.807, 2.05) is 0 Å². The van der Waals surface area contributed by atoms with Gasteiger partial charge in [-0.3, -0.25) is 4.79 Å². The van der Waals surface area contributed by atoms with Crippen LogP contribution in [-0.2, 0) is 4.79 Å². The Bertz CT molecular complexity index is 383. The minimum atomic E-state index is -0.391. The normalized spacial score (nSPS) is 51.5. The molecule has 0 spiro atoms. The lowest BCUT2D eigenvalue weighted by molar-refractivity contribution is -0.128. The number of carbonyl (C=O) groups is 1. The van der Waals surface area contributed by atoms with Crippen LogP contribution in [0.15, 0.2) is 0 Å². The van der Waals surface area contributed by atoms with Gasteiger partial charge in [0.15, 0.2) is 0 Å².